The van der Waals surface area contributed by atoms with E-state index < -0.39 is 12.0 Å². The lowest BCUT2D eigenvalue weighted by Gasteiger charge is -2.20. The van der Waals surface area contributed by atoms with Crippen molar-refractivity contribution in [3.8, 4) is 0 Å². The van der Waals surface area contributed by atoms with Crippen LogP contribution in [0.4, 0.5) is 24.8 Å². The Hall–Kier alpha value is -1.57. The molecule has 108 valence electrons. The summed E-state index contributed by atoms with van der Waals surface area (Å²) >= 11 is 0. The van der Waals surface area contributed by atoms with E-state index in [1.165, 1.54) is 6.07 Å². The molecule has 1 rings (SSSR count). The van der Waals surface area contributed by atoms with Gasteiger partial charge in [-0.1, -0.05) is 0 Å². The molecule has 8 heteroatoms. The standard InChI is InChI=1S/C11H18F3N5/c1-18(2)5-4-6-19(3)9-7-8(15)16-10(17-9)11(12,13)14/h7H,4-6H2,1-3H3,(H2,15,16,17). The highest BCUT2D eigenvalue weighted by molar-refractivity contribution is 5.46. The van der Waals surface area contributed by atoms with Crippen LogP contribution < -0.4 is 10.6 Å². The van der Waals surface area contributed by atoms with Gasteiger partial charge in [0, 0.05) is 19.7 Å². The lowest BCUT2D eigenvalue weighted by Crippen LogP contribution is -2.25. The van der Waals surface area contributed by atoms with Gasteiger partial charge >= 0.3 is 6.18 Å². The molecule has 19 heavy (non-hydrogen) atoms. The van der Waals surface area contributed by atoms with Crippen molar-refractivity contribution in [3.05, 3.63) is 11.9 Å². The molecule has 0 aliphatic heterocycles. The predicted octanol–water partition coefficient (Wildman–Crippen LogP) is 1.47. The van der Waals surface area contributed by atoms with Crippen molar-refractivity contribution in [3.63, 3.8) is 0 Å². The highest BCUT2D eigenvalue weighted by Crippen LogP contribution is 2.28. The summed E-state index contributed by atoms with van der Waals surface area (Å²) in [7, 11) is 5.55. The van der Waals surface area contributed by atoms with E-state index in [4.69, 9.17) is 5.73 Å². The van der Waals surface area contributed by atoms with Gasteiger partial charge in [0.25, 0.3) is 0 Å². The fraction of sp³-hybridized carbons (Fsp3) is 0.636. The Bertz CT molecular complexity index is 419. The lowest BCUT2D eigenvalue weighted by molar-refractivity contribution is -0.144. The second kappa shape index (κ2) is 6.05. The average molecular weight is 277 g/mol. The zero-order valence-corrected chi connectivity index (χ0v) is 11.2. The second-order valence-electron chi connectivity index (χ2n) is 4.55. The number of hydrogen-bond acceptors (Lipinski definition) is 5. The average Bonchev–Trinajstić information content (AvgIpc) is 2.26. The molecule has 0 fully saturated rings. The lowest BCUT2D eigenvalue weighted by atomic mass is 10.3. The van der Waals surface area contributed by atoms with Gasteiger partial charge in [-0.05, 0) is 27.1 Å². The molecular weight excluding hydrogens is 259 g/mol. The second-order valence-corrected chi connectivity index (χ2v) is 4.55. The summed E-state index contributed by atoms with van der Waals surface area (Å²) in [6, 6.07) is 1.34. The van der Waals surface area contributed by atoms with Crippen molar-refractivity contribution in [1.82, 2.24) is 14.9 Å². The van der Waals surface area contributed by atoms with Crippen molar-refractivity contribution >= 4 is 11.6 Å². The molecule has 0 aromatic carbocycles. The number of aromatic nitrogens is 2. The van der Waals surface area contributed by atoms with Crippen molar-refractivity contribution in [2.24, 2.45) is 0 Å². The summed E-state index contributed by atoms with van der Waals surface area (Å²) in [4.78, 5) is 10.3. The van der Waals surface area contributed by atoms with E-state index in [-0.39, 0.29) is 11.6 Å². The monoisotopic (exact) mass is 277 g/mol. The van der Waals surface area contributed by atoms with Gasteiger partial charge in [0.05, 0.1) is 0 Å². The molecule has 0 radical (unpaired) electrons. The maximum Gasteiger partial charge on any atom is 0.451 e. The molecule has 0 aliphatic carbocycles. The smallest absolute Gasteiger partial charge is 0.384 e. The van der Waals surface area contributed by atoms with Crippen LogP contribution in [0.15, 0.2) is 6.07 Å². The Morgan fingerprint density at radius 1 is 1.16 bits per heavy atom. The van der Waals surface area contributed by atoms with E-state index in [2.05, 4.69) is 9.97 Å². The van der Waals surface area contributed by atoms with Crippen LogP contribution in [0.25, 0.3) is 0 Å². The molecule has 0 spiro atoms. The number of halogens is 3. The first-order chi connectivity index (χ1) is 8.70. The van der Waals surface area contributed by atoms with E-state index >= 15 is 0 Å². The van der Waals surface area contributed by atoms with Gasteiger partial charge < -0.3 is 15.5 Å². The molecule has 5 nitrogen and oxygen atoms in total. The van der Waals surface area contributed by atoms with Crippen LogP contribution in [-0.2, 0) is 6.18 Å². The first-order valence-corrected chi connectivity index (χ1v) is 5.78. The highest BCUT2D eigenvalue weighted by atomic mass is 19.4. The van der Waals surface area contributed by atoms with E-state index in [1.54, 1.807) is 11.9 Å². The van der Waals surface area contributed by atoms with E-state index in [1.807, 2.05) is 19.0 Å². The van der Waals surface area contributed by atoms with Gasteiger partial charge in [-0.15, -0.1) is 0 Å². The van der Waals surface area contributed by atoms with E-state index in [0.29, 0.717) is 6.54 Å². The molecule has 0 saturated heterocycles. The third kappa shape index (κ3) is 4.90. The third-order valence-electron chi connectivity index (χ3n) is 2.48. The Labute approximate surface area is 110 Å². The molecule has 1 aromatic heterocycles. The number of nitrogens with zero attached hydrogens (tertiary/aromatic N) is 4. The Morgan fingerprint density at radius 3 is 2.32 bits per heavy atom. The summed E-state index contributed by atoms with van der Waals surface area (Å²) in [5.41, 5.74) is 5.38. The van der Waals surface area contributed by atoms with Crippen LogP contribution in [0.5, 0.6) is 0 Å². The summed E-state index contributed by atoms with van der Waals surface area (Å²) < 4.78 is 37.7. The predicted molar refractivity (Wildman–Crippen MR) is 67.9 cm³/mol. The molecular formula is C11H18F3N5. The SMILES string of the molecule is CN(C)CCCN(C)c1cc(N)nc(C(F)(F)F)n1. The summed E-state index contributed by atoms with van der Waals surface area (Å²) in [5, 5.41) is 0. The largest absolute Gasteiger partial charge is 0.451 e. The Balaban J connectivity index is 2.79. The Morgan fingerprint density at radius 2 is 1.79 bits per heavy atom. The van der Waals surface area contributed by atoms with Gasteiger partial charge in [-0.25, -0.2) is 9.97 Å². The molecule has 2 N–H and O–H groups in total. The minimum atomic E-state index is -4.59. The van der Waals surface area contributed by atoms with Crippen LogP contribution in [0, 0.1) is 0 Å². The van der Waals surface area contributed by atoms with Crippen LogP contribution in [0.2, 0.25) is 0 Å². The first-order valence-electron chi connectivity index (χ1n) is 5.78. The molecule has 0 amide bonds. The van der Waals surface area contributed by atoms with Crippen molar-refractivity contribution in [1.29, 1.82) is 0 Å². The van der Waals surface area contributed by atoms with Crippen molar-refractivity contribution in [2.75, 3.05) is 44.9 Å². The highest BCUT2D eigenvalue weighted by Gasteiger charge is 2.35. The summed E-state index contributed by atoms with van der Waals surface area (Å²) in [6.07, 6.45) is -3.77. The fourth-order valence-electron chi connectivity index (χ4n) is 1.51. The first kappa shape index (κ1) is 15.5. The normalized spacial score (nSPS) is 11.9. The third-order valence-corrected chi connectivity index (χ3v) is 2.48. The molecule has 0 saturated carbocycles. The van der Waals surface area contributed by atoms with Crippen molar-refractivity contribution in [2.45, 2.75) is 12.6 Å². The maximum absolute atomic E-state index is 12.6. The topological polar surface area (TPSA) is 58.3 Å². The number of rotatable bonds is 5. The van der Waals surface area contributed by atoms with Gasteiger partial charge in [-0.2, -0.15) is 13.2 Å². The summed E-state index contributed by atoms with van der Waals surface area (Å²) in [5.74, 6) is -1.21. The molecule has 0 aliphatic rings. The molecule has 0 unspecified atom stereocenters. The molecule has 1 heterocycles. The van der Waals surface area contributed by atoms with Gasteiger partial charge in [0.2, 0.25) is 5.82 Å². The van der Waals surface area contributed by atoms with Gasteiger partial charge in [0.1, 0.15) is 11.6 Å². The Kier molecular flexibility index (Phi) is 4.93. The zero-order chi connectivity index (χ0) is 14.6. The van der Waals surface area contributed by atoms with E-state index in [0.717, 1.165) is 13.0 Å². The van der Waals surface area contributed by atoms with Crippen LogP contribution in [0.1, 0.15) is 12.2 Å². The number of alkyl halides is 3. The zero-order valence-electron chi connectivity index (χ0n) is 11.2. The molecule has 0 bridgehead atoms. The maximum atomic E-state index is 12.6. The number of nitrogen functional groups attached to an aromatic ring is 1. The quantitative estimate of drug-likeness (QED) is 0.883. The van der Waals surface area contributed by atoms with Crippen LogP contribution in [-0.4, -0.2) is 49.1 Å². The minimum absolute atomic E-state index is 0.179. The van der Waals surface area contributed by atoms with Gasteiger partial charge in [-0.3, -0.25) is 0 Å². The van der Waals surface area contributed by atoms with E-state index in [9.17, 15) is 13.2 Å². The number of nitrogens with two attached hydrogens (primary N) is 1. The van der Waals surface area contributed by atoms with Gasteiger partial charge in [0.15, 0.2) is 0 Å². The summed E-state index contributed by atoms with van der Waals surface area (Å²) in [6.45, 7) is 1.43. The molecule has 1 aromatic rings. The van der Waals surface area contributed by atoms with Crippen LogP contribution in [0.3, 0.4) is 0 Å². The minimum Gasteiger partial charge on any atom is -0.384 e. The number of anilines is 2. The fourth-order valence-corrected chi connectivity index (χ4v) is 1.51. The number of hydrogen-bond donors (Lipinski definition) is 1. The van der Waals surface area contributed by atoms with Crippen LogP contribution >= 0.6 is 0 Å². The van der Waals surface area contributed by atoms with Crippen molar-refractivity contribution < 1.29 is 13.2 Å². The molecule has 0 atom stereocenters.